The van der Waals surface area contributed by atoms with E-state index in [0.717, 1.165) is 36.3 Å². The third kappa shape index (κ3) is 9.20. The second kappa shape index (κ2) is 20.7. The Hall–Kier alpha value is -8.36. The number of ether oxygens (including phenoxy) is 3. The Kier molecular flexibility index (Phi) is 13.6. The number of nitro groups is 1. The Morgan fingerprint density at radius 2 is 1.43 bits per heavy atom. The smallest absolute Gasteiger partial charge is 0.421 e. The van der Waals surface area contributed by atoms with Crippen LogP contribution in [0.3, 0.4) is 0 Å². The Bertz CT molecular complexity index is 3220. The summed E-state index contributed by atoms with van der Waals surface area (Å²) in [5.74, 6) is 2.24. The number of carbonyl (C=O) groups is 4. The monoisotopic (exact) mass is 1020 g/mol. The number of fused-ring (bicyclic) bond motifs is 3. The van der Waals surface area contributed by atoms with Crippen molar-refractivity contribution in [2.45, 2.75) is 80.4 Å². The maximum Gasteiger partial charge on any atom is 0.421 e. The first-order valence-electron chi connectivity index (χ1n) is 25.7. The molecule has 1 spiro atoms. The summed E-state index contributed by atoms with van der Waals surface area (Å²) in [5, 5.41) is 37.2. The van der Waals surface area contributed by atoms with E-state index < -0.39 is 70.0 Å². The number of non-ortho nitro benzene ring substituents is 1. The zero-order valence-electron chi connectivity index (χ0n) is 41.5. The summed E-state index contributed by atoms with van der Waals surface area (Å²) >= 11 is 0. The number of nitro benzene ring substituents is 1. The molecule has 1 saturated carbocycles. The molecule has 0 unspecified atom stereocenters. The maximum absolute atomic E-state index is 16.7. The molecule has 3 saturated heterocycles. The molecule has 386 valence electrons. The lowest BCUT2D eigenvalue weighted by Gasteiger charge is -2.46. The molecule has 16 heteroatoms. The molecule has 11 rings (SSSR count). The molecule has 3 amide bonds. The lowest BCUT2D eigenvalue weighted by atomic mass is 9.65. The maximum atomic E-state index is 16.7. The van der Waals surface area contributed by atoms with Gasteiger partial charge >= 0.3 is 12.1 Å². The van der Waals surface area contributed by atoms with Gasteiger partial charge in [0, 0.05) is 42.2 Å². The van der Waals surface area contributed by atoms with E-state index in [2.05, 4.69) is 22.1 Å². The van der Waals surface area contributed by atoms with Crippen molar-refractivity contribution >= 4 is 46.6 Å². The molecule has 0 aromatic heterocycles. The molecule has 1 aliphatic carbocycles. The molecule has 0 radical (unpaired) electrons. The van der Waals surface area contributed by atoms with Gasteiger partial charge in [0.1, 0.15) is 35.5 Å². The minimum Gasteiger partial charge on any atom is -0.508 e. The van der Waals surface area contributed by atoms with Crippen molar-refractivity contribution < 1.29 is 48.5 Å². The number of morpholine rings is 2. The van der Waals surface area contributed by atoms with E-state index in [9.17, 15) is 25.1 Å². The summed E-state index contributed by atoms with van der Waals surface area (Å²) in [7, 11) is 0. The van der Waals surface area contributed by atoms with Crippen molar-refractivity contribution in [1.29, 1.82) is 0 Å². The number of rotatable bonds is 9. The lowest BCUT2D eigenvalue weighted by Crippen LogP contribution is -2.54. The summed E-state index contributed by atoms with van der Waals surface area (Å²) in [5.41, 5.74) is 0.498. The van der Waals surface area contributed by atoms with Crippen LogP contribution in [-0.4, -0.2) is 81.9 Å². The molecule has 16 nitrogen and oxygen atoms in total. The fourth-order valence-electron chi connectivity index (χ4n) is 12.0. The van der Waals surface area contributed by atoms with Gasteiger partial charge in [-0.2, -0.15) is 0 Å². The first-order valence-corrected chi connectivity index (χ1v) is 25.7. The summed E-state index contributed by atoms with van der Waals surface area (Å²) in [6, 6.07) is 38.9. The van der Waals surface area contributed by atoms with E-state index in [1.165, 1.54) is 36.4 Å². The Balaban J connectivity index is 1.13. The van der Waals surface area contributed by atoms with Gasteiger partial charge in [-0.1, -0.05) is 97.5 Å². The fourth-order valence-corrected chi connectivity index (χ4v) is 12.0. The standard InChI is InChI=1S/C60H55N5O11/c66-47-26-18-43(19-27-47)54-60(48-37-39(29-32-59(71)30-9-1-2-10-31-59)17-28-49(48)63(57(60)69)58(70)75-38-40-15-22-46(23-16-40)65(72)73)50(55(67)61-44-20-24-45(25-21-44)62-33-35-74-36-34-62)52-56(68)76-53(42-13-7-4-8-14-42)51(64(52)54)41-11-5-3-6-12-41/h3-8,11-28,37,50-54,66,71H,1-2,9-10,30-31,33-36,38H2,(H,61,67)/t50-,51-,52-,53+,54+,60-/m1/s1. The SMILES string of the molecule is O=C1O[C@@H](c2ccccc2)[C@@H](c2ccccc2)N2[C@@H](c3ccc(O)cc3)[C@]3(C(=O)N(C(=O)OCc4ccc([N+](=O)[O-])cc4)c4ccc(C#CC5(O)CCCCCC5)cc43)[C@@H](C(=O)Nc3ccc(N4CCOCC4)cc3)[C@H]12. The van der Waals surface area contributed by atoms with Crippen LogP contribution in [0.15, 0.2) is 152 Å². The highest BCUT2D eigenvalue weighted by Gasteiger charge is 2.76. The minimum atomic E-state index is -2.17. The number of phenolic OH excluding ortho intramolecular Hbond substituents is 1. The van der Waals surface area contributed by atoms with E-state index in [1.807, 2.05) is 77.7 Å². The van der Waals surface area contributed by atoms with Crippen LogP contribution in [0.1, 0.15) is 90.1 Å². The zero-order valence-corrected chi connectivity index (χ0v) is 41.5. The van der Waals surface area contributed by atoms with E-state index >= 15 is 14.4 Å². The fraction of sp³-hybridized carbons (Fsp3) is 0.300. The number of hydrogen-bond acceptors (Lipinski definition) is 13. The van der Waals surface area contributed by atoms with Crippen LogP contribution in [0, 0.1) is 27.9 Å². The predicted octanol–water partition coefficient (Wildman–Crippen LogP) is 9.21. The number of aliphatic hydroxyl groups is 1. The number of cyclic esters (lactones) is 1. The van der Waals surface area contributed by atoms with Crippen molar-refractivity contribution in [3.8, 4) is 17.6 Å². The number of phenols is 1. The van der Waals surface area contributed by atoms with E-state index in [1.54, 1.807) is 42.5 Å². The van der Waals surface area contributed by atoms with E-state index in [4.69, 9.17) is 14.2 Å². The summed E-state index contributed by atoms with van der Waals surface area (Å²) in [6.07, 6.45) is 2.40. The van der Waals surface area contributed by atoms with Gasteiger partial charge in [-0.25, -0.2) is 9.69 Å². The Morgan fingerprint density at radius 3 is 2.09 bits per heavy atom. The van der Waals surface area contributed by atoms with E-state index in [-0.39, 0.29) is 29.3 Å². The number of aromatic hydroxyl groups is 1. The van der Waals surface area contributed by atoms with Gasteiger partial charge < -0.3 is 34.6 Å². The molecule has 5 aliphatic rings. The van der Waals surface area contributed by atoms with Crippen molar-refractivity contribution in [1.82, 2.24) is 4.90 Å². The first kappa shape index (κ1) is 49.8. The van der Waals surface area contributed by atoms with Crippen LogP contribution < -0.4 is 15.1 Å². The van der Waals surface area contributed by atoms with Crippen LogP contribution >= 0.6 is 0 Å². The van der Waals surface area contributed by atoms with Crippen LogP contribution in [0.2, 0.25) is 0 Å². The Labute approximate surface area is 439 Å². The number of imide groups is 1. The normalized spacial score (nSPS) is 23.8. The first-order chi connectivity index (χ1) is 36.9. The van der Waals surface area contributed by atoms with Crippen LogP contribution in [-0.2, 0) is 40.6 Å². The molecular weight excluding hydrogens is 967 g/mol. The van der Waals surface area contributed by atoms with E-state index in [0.29, 0.717) is 72.6 Å². The highest BCUT2D eigenvalue weighted by atomic mass is 16.6. The number of hydrogen-bond donors (Lipinski definition) is 3. The summed E-state index contributed by atoms with van der Waals surface area (Å²) in [6.45, 7) is 2.12. The second-order valence-electron chi connectivity index (χ2n) is 20.0. The number of anilines is 3. The molecule has 4 aliphatic heterocycles. The van der Waals surface area contributed by atoms with Crippen molar-refractivity contribution in [3.63, 3.8) is 0 Å². The average Bonchev–Trinajstić information content (AvgIpc) is 4.00. The second-order valence-corrected chi connectivity index (χ2v) is 20.0. The van der Waals surface area contributed by atoms with Crippen molar-refractivity contribution in [3.05, 3.63) is 195 Å². The predicted molar refractivity (Wildman–Crippen MR) is 281 cm³/mol. The molecule has 6 aromatic rings. The van der Waals surface area contributed by atoms with Crippen molar-refractivity contribution in [2.75, 3.05) is 41.4 Å². The number of esters is 1. The topological polar surface area (TPSA) is 201 Å². The number of nitrogens with one attached hydrogen (secondary N) is 1. The van der Waals surface area contributed by atoms with Gasteiger partial charge in [0.25, 0.3) is 5.69 Å². The van der Waals surface area contributed by atoms with Gasteiger partial charge in [0.15, 0.2) is 0 Å². The van der Waals surface area contributed by atoms with Crippen LogP contribution in [0.5, 0.6) is 5.75 Å². The summed E-state index contributed by atoms with van der Waals surface area (Å²) in [4.78, 5) is 79.2. The van der Waals surface area contributed by atoms with Crippen molar-refractivity contribution in [2.24, 2.45) is 5.92 Å². The summed E-state index contributed by atoms with van der Waals surface area (Å²) < 4.78 is 18.1. The number of nitrogens with zero attached hydrogens (tertiary/aromatic N) is 4. The highest BCUT2D eigenvalue weighted by Crippen LogP contribution is 2.66. The number of benzene rings is 6. The Morgan fingerprint density at radius 1 is 0.776 bits per heavy atom. The van der Waals surface area contributed by atoms with Gasteiger partial charge in [-0.15, -0.1) is 0 Å². The van der Waals surface area contributed by atoms with Gasteiger partial charge in [0.05, 0.1) is 41.8 Å². The molecule has 6 aromatic carbocycles. The van der Waals surface area contributed by atoms with Gasteiger partial charge in [-0.3, -0.25) is 29.4 Å². The van der Waals surface area contributed by atoms with Crippen LogP contribution in [0.4, 0.5) is 27.5 Å². The average molecular weight is 1020 g/mol. The highest BCUT2D eigenvalue weighted by molar-refractivity contribution is 6.24. The largest absolute Gasteiger partial charge is 0.508 e. The molecular formula is C60H55N5O11. The third-order valence-corrected chi connectivity index (χ3v) is 15.5. The third-order valence-electron chi connectivity index (χ3n) is 15.5. The molecule has 76 heavy (non-hydrogen) atoms. The molecule has 4 fully saturated rings. The molecule has 3 N–H and O–H groups in total. The quantitative estimate of drug-likeness (QED) is 0.0407. The van der Waals surface area contributed by atoms with Gasteiger partial charge in [0.2, 0.25) is 11.8 Å². The van der Waals surface area contributed by atoms with Gasteiger partial charge in [-0.05, 0) is 120 Å². The minimum absolute atomic E-state index is 0.0676. The molecule has 6 atom stereocenters. The number of carbonyl (C=O) groups excluding carboxylic acids is 4. The number of amides is 3. The van der Waals surface area contributed by atoms with Crippen LogP contribution in [0.25, 0.3) is 0 Å². The molecule has 4 heterocycles. The lowest BCUT2D eigenvalue weighted by molar-refractivity contribution is -0.384. The molecule has 0 bridgehead atoms. The zero-order chi connectivity index (χ0) is 52.6.